The Balaban J connectivity index is 2.75. The summed E-state index contributed by atoms with van der Waals surface area (Å²) in [6.07, 6.45) is 1.84. The highest BCUT2D eigenvalue weighted by Gasteiger charge is 2.35. The Bertz CT molecular complexity index is 240. The SMILES string of the molecule is CCCC1NC(=O)NC(C)C1C(C)=O. The lowest BCUT2D eigenvalue weighted by atomic mass is 9.85. The van der Waals surface area contributed by atoms with Gasteiger partial charge in [-0.05, 0) is 20.3 Å². The highest BCUT2D eigenvalue weighted by Crippen LogP contribution is 2.18. The molecule has 1 heterocycles. The molecule has 4 nitrogen and oxygen atoms in total. The number of carbonyl (C=O) groups is 2. The van der Waals surface area contributed by atoms with Crippen LogP contribution in [0.5, 0.6) is 0 Å². The third-order valence-corrected chi connectivity index (χ3v) is 2.72. The summed E-state index contributed by atoms with van der Waals surface area (Å²) in [5, 5.41) is 5.54. The monoisotopic (exact) mass is 198 g/mol. The van der Waals surface area contributed by atoms with Crippen molar-refractivity contribution in [1.29, 1.82) is 0 Å². The van der Waals surface area contributed by atoms with Gasteiger partial charge in [0, 0.05) is 12.1 Å². The van der Waals surface area contributed by atoms with Crippen LogP contribution in [0.1, 0.15) is 33.6 Å². The second-order valence-corrected chi connectivity index (χ2v) is 3.94. The molecule has 1 aliphatic heterocycles. The molecule has 1 fully saturated rings. The van der Waals surface area contributed by atoms with Crippen LogP contribution in [-0.4, -0.2) is 23.9 Å². The Morgan fingerprint density at radius 2 is 2.07 bits per heavy atom. The van der Waals surface area contributed by atoms with Crippen LogP contribution in [0.25, 0.3) is 0 Å². The minimum Gasteiger partial charge on any atom is -0.335 e. The molecule has 0 aromatic rings. The van der Waals surface area contributed by atoms with E-state index in [9.17, 15) is 9.59 Å². The van der Waals surface area contributed by atoms with E-state index in [1.54, 1.807) is 6.92 Å². The Morgan fingerprint density at radius 3 is 2.57 bits per heavy atom. The quantitative estimate of drug-likeness (QED) is 0.712. The molecule has 0 bridgehead atoms. The van der Waals surface area contributed by atoms with E-state index in [-0.39, 0.29) is 29.8 Å². The second-order valence-electron chi connectivity index (χ2n) is 3.94. The first-order valence-corrected chi connectivity index (χ1v) is 5.13. The molecule has 3 atom stereocenters. The molecule has 0 saturated carbocycles. The Morgan fingerprint density at radius 1 is 1.43 bits per heavy atom. The number of rotatable bonds is 3. The maximum atomic E-state index is 11.4. The summed E-state index contributed by atoms with van der Waals surface area (Å²) >= 11 is 0. The maximum absolute atomic E-state index is 11.4. The van der Waals surface area contributed by atoms with Crippen LogP contribution in [0.2, 0.25) is 0 Å². The lowest BCUT2D eigenvalue weighted by molar-refractivity contribution is -0.122. The molecule has 2 amide bonds. The number of ketones is 1. The van der Waals surface area contributed by atoms with E-state index >= 15 is 0 Å². The van der Waals surface area contributed by atoms with Gasteiger partial charge >= 0.3 is 6.03 Å². The fraction of sp³-hybridized carbons (Fsp3) is 0.800. The van der Waals surface area contributed by atoms with Crippen molar-refractivity contribution in [2.24, 2.45) is 5.92 Å². The molecule has 1 saturated heterocycles. The topological polar surface area (TPSA) is 58.2 Å². The van der Waals surface area contributed by atoms with Crippen LogP contribution >= 0.6 is 0 Å². The van der Waals surface area contributed by atoms with Gasteiger partial charge in [-0.15, -0.1) is 0 Å². The van der Waals surface area contributed by atoms with E-state index < -0.39 is 0 Å². The minimum atomic E-state index is -0.159. The normalized spacial score (nSPS) is 31.9. The van der Waals surface area contributed by atoms with Crippen LogP contribution in [0.15, 0.2) is 0 Å². The largest absolute Gasteiger partial charge is 0.335 e. The predicted molar refractivity (Wildman–Crippen MR) is 54.0 cm³/mol. The molecule has 0 spiro atoms. The Hall–Kier alpha value is -1.06. The first-order valence-electron chi connectivity index (χ1n) is 5.13. The van der Waals surface area contributed by atoms with Gasteiger partial charge < -0.3 is 10.6 Å². The maximum Gasteiger partial charge on any atom is 0.315 e. The summed E-state index contributed by atoms with van der Waals surface area (Å²) in [6.45, 7) is 5.52. The van der Waals surface area contributed by atoms with E-state index in [0.717, 1.165) is 12.8 Å². The van der Waals surface area contributed by atoms with Crippen LogP contribution in [0, 0.1) is 5.92 Å². The van der Waals surface area contributed by atoms with Crippen molar-refractivity contribution in [3.63, 3.8) is 0 Å². The highest BCUT2D eigenvalue weighted by atomic mass is 16.2. The summed E-state index contributed by atoms with van der Waals surface area (Å²) in [6, 6.07) is -0.215. The van der Waals surface area contributed by atoms with Crippen LogP contribution in [-0.2, 0) is 4.79 Å². The zero-order valence-electron chi connectivity index (χ0n) is 8.96. The van der Waals surface area contributed by atoms with E-state index in [4.69, 9.17) is 0 Å². The molecule has 1 aliphatic rings. The van der Waals surface area contributed by atoms with Crippen LogP contribution in [0.3, 0.4) is 0 Å². The molecule has 2 N–H and O–H groups in total. The van der Waals surface area contributed by atoms with Gasteiger partial charge in [0.25, 0.3) is 0 Å². The second kappa shape index (κ2) is 4.44. The molecular weight excluding hydrogens is 180 g/mol. The number of hydrogen-bond acceptors (Lipinski definition) is 2. The van der Waals surface area contributed by atoms with Crippen molar-refractivity contribution in [3.05, 3.63) is 0 Å². The van der Waals surface area contributed by atoms with Gasteiger partial charge in [0.05, 0.1) is 5.92 Å². The van der Waals surface area contributed by atoms with Crippen molar-refractivity contribution >= 4 is 11.8 Å². The van der Waals surface area contributed by atoms with E-state index in [1.807, 2.05) is 6.92 Å². The molecule has 0 aromatic carbocycles. The molecular formula is C10H18N2O2. The molecule has 3 unspecified atom stereocenters. The van der Waals surface area contributed by atoms with E-state index in [0.29, 0.717) is 0 Å². The lowest BCUT2D eigenvalue weighted by Crippen LogP contribution is -2.61. The summed E-state index contributed by atoms with van der Waals surface area (Å²) in [4.78, 5) is 22.6. The van der Waals surface area contributed by atoms with Gasteiger partial charge in [0.1, 0.15) is 5.78 Å². The fourth-order valence-corrected chi connectivity index (χ4v) is 2.14. The van der Waals surface area contributed by atoms with Gasteiger partial charge in [-0.2, -0.15) is 0 Å². The van der Waals surface area contributed by atoms with Crippen molar-refractivity contribution in [2.75, 3.05) is 0 Å². The number of hydrogen-bond donors (Lipinski definition) is 2. The van der Waals surface area contributed by atoms with Crippen molar-refractivity contribution < 1.29 is 9.59 Å². The average Bonchev–Trinajstić information content (AvgIpc) is 2.01. The van der Waals surface area contributed by atoms with E-state index in [1.165, 1.54) is 0 Å². The summed E-state index contributed by atoms with van der Waals surface area (Å²) in [5.41, 5.74) is 0. The van der Waals surface area contributed by atoms with Gasteiger partial charge in [-0.3, -0.25) is 4.79 Å². The summed E-state index contributed by atoms with van der Waals surface area (Å²) < 4.78 is 0. The van der Waals surface area contributed by atoms with Gasteiger partial charge in [0.15, 0.2) is 0 Å². The lowest BCUT2D eigenvalue weighted by Gasteiger charge is -2.36. The zero-order valence-corrected chi connectivity index (χ0v) is 8.96. The van der Waals surface area contributed by atoms with Crippen molar-refractivity contribution in [3.8, 4) is 0 Å². The third kappa shape index (κ3) is 2.25. The van der Waals surface area contributed by atoms with Gasteiger partial charge in [-0.1, -0.05) is 13.3 Å². The molecule has 14 heavy (non-hydrogen) atoms. The fourth-order valence-electron chi connectivity index (χ4n) is 2.14. The predicted octanol–water partition coefficient (Wildman–Crippen LogP) is 1.06. The Kier molecular flexibility index (Phi) is 3.49. The molecule has 4 heteroatoms. The highest BCUT2D eigenvalue weighted by molar-refractivity contribution is 5.84. The Labute approximate surface area is 84.4 Å². The molecule has 80 valence electrons. The first-order chi connectivity index (χ1) is 6.56. The molecule has 1 rings (SSSR count). The standard InChI is InChI=1S/C10H18N2O2/c1-4-5-8-9(7(3)13)6(2)11-10(14)12-8/h6,8-9H,4-5H2,1-3H3,(H2,11,12,14). The van der Waals surface area contributed by atoms with Crippen molar-refractivity contribution in [1.82, 2.24) is 10.6 Å². The molecule has 0 radical (unpaired) electrons. The van der Waals surface area contributed by atoms with Gasteiger partial charge in [-0.25, -0.2) is 4.79 Å². The summed E-state index contributed by atoms with van der Waals surface area (Å²) in [5.74, 6) is 0.0519. The minimum absolute atomic E-state index is 0.00116. The zero-order chi connectivity index (χ0) is 10.7. The number of Topliss-reactive ketones (excluding diaryl/α,β-unsaturated/α-hetero) is 1. The first kappa shape index (κ1) is 11.0. The number of urea groups is 1. The van der Waals surface area contributed by atoms with Crippen LogP contribution in [0.4, 0.5) is 4.79 Å². The molecule has 0 aliphatic carbocycles. The number of nitrogens with one attached hydrogen (secondary N) is 2. The molecule has 0 aromatic heterocycles. The van der Waals surface area contributed by atoms with E-state index in [2.05, 4.69) is 17.6 Å². The summed E-state index contributed by atoms with van der Waals surface area (Å²) in [7, 11) is 0. The number of amides is 2. The number of carbonyl (C=O) groups excluding carboxylic acids is 2. The van der Waals surface area contributed by atoms with Gasteiger partial charge in [0.2, 0.25) is 0 Å². The smallest absolute Gasteiger partial charge is 0.315 e. The third-order valence-electron chi connectivity index (χ3n) is 2.72. The average molecular weight is 198 g/mol. The van der Waals surface area contributed by atoms with Crippen LogP contribution < -0.4 is 10.6 Å². The van der Waals surface area contributed by atoms with Crippen molar-refractivity contribution in [2.45, 2.75) is 45.7 Å².